The van der Waals surface area contributed by atoms with Crippen LogP contribution >= 0.6 is 0 Å². The van der Waals surface area contributed by atoms with Gasteiger partial charge in [-0.15, -0.1) is 15.3 Å². The van der Waals surface area contributed by atoms with Gasteiger partial charge in [0.05, 0.1) is 17.3 Å². The minimum atomic E-state index is -0.734. The van der Waals surface area contributed by atoms with E-state index in [4.69, 9.17) is 14.0 Å². The Morgan fingerprint density at radius 2 is 2.03 bits per heavy atom. The van der Waals surface area contributed by atoms with Crippen molar-refractivity contribution >= 4 is 22.3 Å². The summed E-state index contributed by atoms with van der Waals surface area (Å²) in [4.78, 5) is 16.8. The van der Waals surface area contributed by atoms with Crippen molar-refractivity contribution in [1.82, 2.24) is 35.3 Å². The number of hydrogen-bond donors (Lipinski definition) is 1. The zero-order valence-electron chi connectivity index (χ0n) is 19.7. The van der Waals surface area contributed by atoms with Crippen LogP contribution in [-0.4, -0.2) is 48.5 Å². The summed E-state index contributed by atoms with van der Waals surface area (Å²) < 4.78 is 18.0. The van der Waals surface area contributed by atoms with Gasteiger partial charge in [-0.05, 0) is 31.0 Å². The SMILES string of the molecule is COCc1cc(-c2nnc3c4ccccc4c(OCc4ccc(C(=O)NC5(C#N)CC5)cn4)nn23)no1. The van der Waals surface area contributed by atoms with Crippen LogP contribution in [0.3, 0.4) is 0 Å². The second kappa shape index (κ2) is 8.96. The number of nitriles is 1. The Morgan fingerprint density at radius 3 is 2.76 bits per heavy atom. The third-order valence-electron chi connectivity index (χ3n) is 6.07. The highest BCUT2D eigenvalue weighted by Crippen LogP contribution is 2.34. The minimum Gasteiger partial charge on any atom is -0.470 e. The zero-order valence-corrected chi connectivity index (χ0v) is 19.7. The lowest BCUT2D eigenvalue weighted by Gasteiger charge is -2.11. The van der Waals surface area contributed by atoms with E-state index in [9.17, 15) is 10.1 Å². The van der Waals surface area contributed by atoms with E-state index in [1.807, 2.05) is 24.3 Å². The van der Waals surface area contributed by atoms with Crippen LogP contribution in [0.2, 0.25) is 0 Å². The molecule has 1 fully saturated rings. The molecule has 37 heavy (non-hydrogen) atoms. The Hall–Kier alpha value is -4.89. The van der Waals surface area contributed by atoms with E-state index in [1.54, 1.807) is 29.8 Å². The monoisotopic (exact) mass is 496 g/mol. The molecule has 1 N–H and O–H groups in total. The minimum absolute atomic E-state index is 0.117. The topological polar surface area (TPSA) is 153 Å². The number of methoxy groups -OCH3 is 1. The van der Waals surface area contributed by atoms with Crippen molar-refractivity contribution in [2.24, 2.45) is 0 Å². The van der Waals surface area contributed by atoms with Gasteiger partial charge in [0.2, 0.25) is 11.7 Å². The molecule has 1 aromatic carbocycles. The van der Waals surface area contributed by atoms with Crippen molar-refractivity contribution in [3.8, 4) is 23.5 Å². The van der Waals surface area contributed by atoms with E-state index in [2.05, 4.69) is 36.8 Å². The number of rotatable bonds is 8. The highest BCUT2D eigenvalue weighted by Gasteiger charge is 2.44. The summed E-state index contributed by atoms with van der Waals surface area (Å²) >= 11 is 0. The molecule has 0 unspecified atom stereocenters. The molecule has 6 rings (SSSR count). The number of carbonyl (C=O) groups excluding carboxylic acids is 1. The van der Waals surface area contributed by atoms with Crippen molar-refractivity contribution in [3.05, 3.63) is 65.7 Å². The van der Waals surface area contributed by atoms with Crippen LogP contribution in [0.25, 0.3) is 27.9 Å². The molecule has 184 valence electrons. The van der Waals surface area contributed by atoms with E-state index < -0.39 is 5.54 Å². The standard InChI is InChI=1S/C25H20N8O4/c1-35-13-17-10-20(32-37-17)22-30-29-21-18-4-2-3-5-19(18)24(31-33(21)22)36-12-16-7-6-15(11-27-16)23(34)28-25(14-26)8-9-25/h2-7,10-11H,8-9,12-13H2,1H3,(H,28,34). The van der Waals surface area contributed by atoms with Gasteiger partial charge >= 0.3 is 0 Å². The van der Waals surface area contributed by atoms with Crippen molar-refractivity contribution in [2.45, 2.75) is 31.6 Å². The number of benzene rings is 1. The van der Waals surface area contributed by atoms with Crippen molar-refractivity contribution in [2.75, 3.05) is 7.11 Å². The molecule has 4 heterocycles. The number of fused-ring (bicyclic) bond motifs is 3. The summed E-state index contributed by atoms with van der Waals surface area (Å²) in [7, 11) is 1.57. The predicted molar refractivity (Wildman–Crippen MR) is 128 cm³/mol. The molecular formula is C25H20N8O4. The van der Waals surface area contributed by atoms with Crippen LogP contribution in [0, 0.1) is 11.3 Å². The molecule has 1 aliphatic carbocycles. The fourth-order valence-electron chi connectivity index (χ4n) is 3.91. The van der Waals surface area contributed by atoms with Crippen molar-refractivity contribution in [1.29, 1.82) is 5.26 Å². The third kappa shape index (κ3) is 4.21. The predicted octanol–water partition coefficient (Wildman–Crippen LogP) is 2.84. The first-order valence-corrected chi connectivity index (χ1v) is 11.5. The van der Waals surface area contributed by atoms with Gasteiger partial charge in [-0.2, -0.15) is 9.78 Å². The number of hydrogen-bond acceptors (Lipinski definition) is 10. The maximum atomic E-state index is 12.4. The van der Waals surface area contributed by atoms with Crippen LogP contribution in [-0.2, 0) is 18.0 Å². The molecule has 5 aromatic rings. The number of carbonyl (C=O) groups is 1. The van der Waals surface area contributed by atoms with E-state index >= 15 is 0 Å². The molecule has 12 nitrogen and oxygen atoms in total. The molecule has 4 aromatic heterocycles. The fraction of sp³-hybridized carbons (Fsp3) is 0.240. The second-order valence-corrected chi connectivity index (χ2v) is 8.70. The van der Waals surface area contributed by atoms with Crippen molar-refractivity contribution in [3.63, 3.8) is 0 Å². The van der Waals surface area contributed by atoms with Gasteiger partial charge in [0.15, 0.2) is 17.1 Å². The molecule has 12 heteroatoms. The molecule has 1 saturated carbocycles. The quantitative estimate of drug-likeness (QED) is 0.339. The molecule has 0 saturated heterocycles. The summed E-state index contributed by atoms with van der Waals surface area (Å²) in [6, 6.07) is 14.8. The zero-order chi connectivity index (χ0) is 25.4. The van der Waals surface area contributed by atoms with Gasteiger partial charge in [-0.3, -0.25) is 9.78 Å². The van der Waals surface area contributed by atoms with Crippen LogP contribution in [0.4, 0.5) is 0 Å². The average molecular weight is 496 g/mol. The lowest BCUT2D eigenvalue weighted by Crippen LogP contribution is -2.35. The van der Waals surface area contributed by atoms with Crippen LogP contribution in [0.15, 0.2) is 53.2 Å². The Morgan fingerprint density at radius 1 is 1.19 bits per heavy atom. The molecule has 0 atom stereocenters. The maximum absolute atomic E-state index is 12.4. The average Bonchev–Trinajstić information content (AvgIpc) is 3.33. The molecule has 1 amide bonds. The number of amides is 1. The molecular weight excluding hydrogens is 476 g/mol. The molecule has 0 bridgehead atoms. The third-order valence-corrected chi connectivity index (χ3v) is 6.07. The van der Waals surface area contributed by atoms with Gasteiger partial charge in [0.1, 0.15) is 18.8 Å². The summed E-state index contributed by atoms with van der Waals surface area (Å²) in [5.41, 5.74) is 1.27. The molecule has 0 radical (unpaired) electrons. The Labute approximate surface area is 209 Å². The fourth-order valence-corrected chi connectivity index (χ4v) is 3.91. The van der Waals surface area contributed by atoms with Crippen LogP contribution in [0.1, 0.15) is 34.7 Å². The Balaban J connectivity index is 1.27. The smallest absolute Gasteiger partial charge is 0.254 e. The Kier molecular flexibility index (Phi) is 5.46. The van der Waals surface area contributed by atoms with Gasteiger partial charge < -0.3 is 19.3 Å². The van der Waals surface area contributed by atoms with Crippen molar-refractivity contribution < 1.29 is 18.8 Å². The van der Waals surface area contributed by atoms with Gasteiger partial charge in [0, 0.05) is 30.1 Å². The molecule has 1 aliphatic rings. The first-order valence-electron chi connectivity index (χ1n) is 11.5. The van der Waals surface area contributed by atoms with Crippen LogP contribution in [0.5, 0.6) is 5.88 Å². The lowest BCUT2D eigenvalue weighted by molar-refractivity contribution is 0.0941. The summed E-state index contributed by atoms with van der Waals surface area (Å²) in [6.07, 6.45) is 2.80. The number of pyridine rings is 1. The van der Waals surface area contributed by atoms with E-state index in [0.717, 1.165) is 10.8 Å². The number of ether oxygens (including phenoxy) is 2. The molecule has 0 aliphatic heterocycles. The first kappa shape index (κ1) is 22.6. The second-order valence-electron chi connectivity index (χ2n) is 8.70. The summed E-state index contributed by atoms with van der Waals surface area (Å²) in [5, 5.41) is 30.8. The van der Waals surface area contributed by atoms with E-state index in [1.165, 1.54) is 6.20 Å². The summed E-state index contributed by atoms with van der Waals surface area (Å²) in [5.74, 6) is 0.988. The van der Waals surface area contributed by atoms with Gasteiger partial charge in [-0.25, -0.2) is 0 Å². The number of nitrogens with one attached hydrogen (secondary N) is 1. The van der Waals surface area contributed by atoms with E-state index in [0.29, 0.717) is 52.9 Å². The molecule has 0 spiro atoms. The van der Waals surface area contributed by atoms with Gasteiger partial charge in [0.25, 0.3) is 5.91 Å². The largest absolute Gasteiger partial charge is 0.470 e. The maximum Gasteiger partial charge on any atom is 0.254 e. The summed E-state index contributed by atoms with van der Waals surface area (Å²) in [6.45, 7) is 0.396. The highest BCUT2D eigenvalue weighted by atomic mass is 16.5. The number of nitrogens with zero attached hydrogens (tertiary/aromatic N) is 7. The normalized spacial score (nSPS) is 13.9. The van der Waals surface area contributed by atoms with Gasteiger partial charge in [-0.1, -0.05) is 23.4 Å². The highest BCUT2D eigenvalue weighted by molar-refractivity contribution is 5.97. The van der Waals surface area contributed by atoms with E-state index in [-0.39, 0.29) is 19.1 Å². The lowest BCUT2D eigenvalue weighted by atomic mass is 10.2. The Bertz CT molecular complexity index is 1660. The van der Waals surface area contributed by atoms with Crippen LogP contribution < -0.4 is 10.1 Å². The number of aromatic nitrogens is 6. The first-order chi connectivity index (χ1) is 18.1.